The molecule has 1 atom stereocenters. The minimum atomic E-state index is -0.779. The van der Waals surface area contributed by atoms with Crippen LogP contribution in [-0.4, -0.2) is 20.6 Å². The van der Waals surface area contributed by atoms with E-state index in [9.17, 15) is 4.79 Å². The summed E-state index contributed by atoms with van der Waals surface area (Å²) in [5.74, 6) is -0.537. The summed E-state index contributed by atoms with van der Waals surface area (Å²) >= 11 is 3.34. The number of carboxylic acid groups (broad SMARTS) is 1. The SMILES string of the molecule is O=C(O)C1CCCn2c(Br)cnc21. The third kappa shape index (κ3) is 1.37. The van der Waals surface area contributed by atoms with Gasteiger partial charge in [-0.2, -0.15) is 0 Å². The number of hydrogen-bond acceptors (Lipinski definition) is 2. The quantitative estimate of drug-likeness (QED) is 0.817. The number of fused-ring (bicyclic) bond motifs is 1. The Bertz CT molecular complexity index is 348. The van der Waals surface area contributed by atoms with Gasteiger partial charge in [-0.1, -0.05) is 0 Å². The molecule has 0 amide bonds. The maximum atomic E-state index is 10.9. The van der Waals surface area contributed by atoms with Crippen molar-refractivity contribution in [1.29, 1.82) is 0 Å². The van der Waals surface area contributed by atoms with Gasteiger partial charge in [0.15, 0.2) is 0 Å². The van der Waals surface area contributed by atoms with E-state index in [4.69, 9.17) is 5.11 Å². The first-order valence-electron chi connectivity index (χ1n) is 4.14. The average molecular weight is 245 g/mol. The molecule has 0 bridgehead atoms. The molecule has 0 saturated carbocycles. The van der Waals surface area contributed by atoms with Gasteiger partial charge in [-0.15, -0.1) is 0 Å². The predicted molar refractivity (Wildman–Crippen MR) is 49.5 cm³/mol. The Morgan fingerprint density at radius 3 is 3.23 bits per heavy atom. The Balaban J connectivity index is 2.43. The van der Waals surface area contributed by atoms with E-state index in [2.05, 4.69) is 20.9 Å². The van der Waals surface area contributed by atoms with Crippen molar-refractivity contribution in [1.82, 2.24) is 9.55 Å². The maximum Gasteiger partial charge on any atom is 0.314 e. The molecule has 0 saturated heterocycles. The Morgan fingerprint density at radius 1 is 1.77 bits per heavy atom. The van der Waals surface area contributed by atoms with Crippen molar-refractivity contribution in [3.8, 4) is 0 Å². The molecule has 4 nitrogen and oxygen atoms in total. The lowest BCUT2D eigenvalue weighted by molar-refractivity contribution is -0.139. The lowest BCUT2D eigenvalue weighted by Crippen LogP contribution is -2.22. The molecule has 2 heterocycles. The highest BCUT2D eigenvalue weighted by Gasteiger charge is 2.28. The van der Waals surface area contributed by atoms with Crippen LogP contribution in [0.2, 0.25) is 0 Å². The van der Waals surface area contributed by atoms with E-state index in [1.54, 1.807) is 6.20 Å². The first-order valence-corrected chi connectivity index (χ1v) is 4.93. The summed E-state index contributed by atoms with van der Waals surface area (Å²) in [6.45, 7) is 0.861. The van der Waals surface area contributed by atoms with Gasteiger partial charge in [-0.25, -0.2) is 4.98 Å². The van der Waals surface area contributed by atoms with Gasteiger partial charge in [0.2, 0.25) is 0 Å². The topological polar surface area (TPSA) is 55.1 Å². The van der Waals surface area contributed by atoms with Gasteiger partial charge in [0.05, 0.1) is 6.20 Å². The van der Waals surface area contributed by atoms with Crippen LogP contribution in [0.5, 0.6) is 0 Å². The lowest BCUT2D eigenvalue weighted by Gasteiger charge is -2.20. The van der Waals surface area contributed by atoms with E-state index in [1.807, 2.05) is 4.57 Å². The summed E-state index contributed by atoms with van der Waals surface area (Å²) in [7, 11) is 0. The molecule has 5 heteroatoms. The lowest BCUT2D eigenvalue weighted by atomic mass is 9.99. The van der Waals surface area contributed by atoms with Crippen molar-refractivity contribution in [2.24, 2.45) is 0 Å². The summed E-state index contributed by atoms with van der Waals surface area (Å²) < 4.78 is 2.79. The molecule has 2 rings (SSSR count). The number of carbonyl (C=O) groups is 1. The number of hydrogen-bond donors (Lipinski definition) is 1. The van der Waals surface area contributed by atoms with Crippen LogP contribution in [-0.2, 0) is 11.3 Å². The van der Waals surface area contributed by atoms with E-state index < -0.39 is 11.9 Å². The highest BCUT2D eigenvalue weighted by Crippen LogP contribution is 2.29. The monoisotopic (exact) mass is 244 g/mol. The van der Waals surface area contributed by atoms with Crippen LogP contribution >= 0.6 is 15.9 Å². The van der Waals surface area contributed by atoms with Crippen LogP contribution in [0.1, 0.15) is 24.6 Å². The zero-order valence-corrected chi connectivity index (χ0v) is 8.49. The molecule has 0 spiro atoms. The number of rotatable bonds is 1. The highest BCUT2D eigenvalue weighted by molar-refractivity contribution is 9.10. The molecule has 1 aliphatic heterocycles. The van der Waals surface area contributed by atoms with Crippen LogP contribution in [0.3, 0.4) is 0 Å². The van der Waals surface area contributed by atoms with Gasteiger partial charge in [0.25, 0.3) is 0 Å². The standard InChI is InChI=1S/C8H9BrN2O2/c9-6-4-10-7-5(8(12)13)2-1-3-11(6)7/h4-5H,1-3H2,(H,12,13). The molecule has 1 aromatic heterocycles. The smallest absolute Gasteiger partial charge is 0.314 e. The second-order valence-corrected chi connectivity index (χ2v) is 3.94. The molecule has 70 valence electrons. The number of halogens is 1. The molecule has 0 aliphatic carbocycles. The van der Waals surface area contributed by atoms with Crippen LogP contribution in [0.25, 0.3) is 0 Å². The number of imidazole rings is 1. The fourth-order valence-corrected chi connectivity index (χ4v) is 2.15. The Labute approximate surface area is 83.7 Å². The third-order valence-electron chi connectivity index (χ3n) is 2.32. The minimum Gasteiger partial charge on any atom is -0.481 e. The van der Waals surface area contributed by atoms with Gasteiger partial charge < -0.3 is 9.67 Å². The molecule has 1 unspecified atom stereocenters. The van der Waals surface area contributed by atoms with E-state index in [0.717, 1.165) is 17.6 Å². The molecule has 0 fully saturated rings. The largest absolute Gasteiger partial charge is 0.481 e. The van der Waals surface area contributed by atoms with Crippen LogP contribution in [0.4, 0.5) is 0 Å². The summed E-state index contributed by atoms with van der Waals surface area (Å²) in [4.78, 5) is 15.0. The van der Waals surface area contributed by atoms with Crippen molar-refractivity contribution < 1.29 is 9.90 Å². The second-order valence-electron chi connectivity index (χ2n) is 3.12. The Kier molecular flexibility index (Phi) is 2.11. The van der Waals surface area contributed by atoms with Gasteiger partial charge in [0, 0.05) is 6.54 Å². The number of aliphatic carboxylic acids is 1. The van der Waals surface area contributed by atoms with Crippen LogP contribution in [0, 0.1) is 0 Å². The molecule has 0 radical (unpaired) electrons. The Hall–Kier alpha value is -0.840. The Morgan fingerprint density at radius 2 is 2.54 bits per heavy atom. The third-order valence-corrected chi connectivity index (χ3v) is 2.95. The molecule has 0 aromatic carbocycles. The highest BCUT2D eigenvalue weighted by atomic mass is 79.9. The van der Waals surface area contributed by atoms with Crippen LogP contribution in [0.15, 0.2) is 10.8 Å². The maximum absolute atomic E-state index is 10.9. The zero-order valence-electron chi connectivity index (χ0n) is 6.90. The van der Waals surface area contributed by atoms with Crippen molar-refractivity contribution in [2.45, 2.75) is 25.3 Å². The van der Waals surface area contributed by atoms with Gasteiger partial charge in [-0.05, 0) is 28.8 Å². The fourth-order valence-electron chi connectivity index (χ4n) is 1.68. The average Bonchev–Trinajstić information content (AvgIpc) is 2.48. The predicted octanol–water partition coefficient (Wildman–Crippen LogP) is 1.61. The zero-order chi connectivity index (χ0) is 9.42. The van der Waals surface area contributed by atoms with Gasteiger partial charge >= 0.3 is 5.97 Å². The van der Waals surface area contributed by atoms with E-state index in [1.165, 1.54) is 0 Å². The minimum absolute atomic E-state index is 0.431. The van der Waals surface area contributed by atoms with Crippen molar-refractivity contribution in [2.75, 3.05) is 0 Å². The summed E-state index contributed by atoms with van der Waals surface area (Å²) in [6, 6.07) is 0. The molecule has 1 aromatic rings. The van der Waals surface area contributed by atoms with E-state index >= 15 is 0 Å². The molecular weight excluding hydrogens is 236 g/mol. The first kappa shape index (κ1) is 8.74. The number of carboxylic acids is 1. The summed E-state index contributed by atoms with van der Waals surface area (Å²) in [5.41, 5.74) is 0. The van der Waals surface area contributed by atoms with Crippen molar-refractivity contribution in [3.63, 3.8) is 0 Å². The number of nitrogens with zero attached hydrogens (tertiary/aromatic N) is 2. The molecule has 1 aliphatic rings. The fraction of sp³-hybridized carbons (Fsp3) is 0.500. The normalized spacial score (nSPS) is 21.2. The van der Waals surface area contributed by atoms with Gasteiger partial charge in [-0.3, -0.25) is 4.79 Å². The van der Waals surface area contributed by atoms with E-state index in [0.29, 0.717) is 12.2 Å². The van der Waals surface area contributed by atoms with E-state index in [-0.39, 0.29) is 0 Å². The van der Waals surface area contributed by atoms with Crippen molar-refractivity contribution >= 4 is 21.9 Å². The second kappa shape index (κ2) is 3.14. The molecule has 1 N–H and O–H groups in total. The van der Waals surface area contributed by atoms with Gasteiger partial charge in [0.1, 0.15) is 16.3 Å². The number of aromatic nitrogens is 2. The summed E-state index contributed by atoms with van der Waals surface area (Å²) in [6.07, 6.45) is 3.26. The first-order chi connectivity index (χ1) is 6.20. The van der Waals surface area contributed by atoms with Crippen LogP contribution < -0.4 is 0 Å². The van der Waals surface area contributed by atoms with Crippen molar-refractivity contribution in [3.05, 3.63) is 16.6 Å². The molecular formula is C8H9BrN2O2. The summed E-state index contributed by atoms with van der Waals surface area (Å²) in [5, 5.41) is 8.93. The molecule has 13 heavy (non-hydrogen) atoms.